The number of halogens is 1. The highest BCUT2D eigenvalue weighted by molar-refractivity contribution is 6.31. The Bertz CT molecular complexity index is 635. The minimum Gasteiger partial charge on any atom is -0.345 e. The molecule has 1 aliphatic heterocycles. The zero-order valence-electron chi connectivity index (χ0n) is 12.7. The summed E-state index contributed by atoms with van der Waals surface area (Å²) in [6.07, 6.45) is 0.843. The molecule has 1 aliphatic rings. The van der Waals surface area contributed by atoms with Crippen LogP contribution in [0.5, 0.6) is 0 Å². The van der Waals surface area contributed by atoms with Gasteiger partial charge in [0.25, 0.3) is 0 Å². The molecule has 1 saturated heterocycles. The fourth-order valence-corrected chi connectivity index (χ4v) is 3.09. The summed E-state index contributed by atoms with van der Waals surface area (Å²) in [5.74, 6) is 1.97. The molecule has 2 aromatic rings. The Balaban J connectivity index is 2.00. The normalized spacial score (nSPS) is 16.6. The van der Waals surface area contributed by atoms with E-state index in [2.05, 4.69) is 23.7 Å². The Labute approximate surface area is 130 Å². The topological polar surface area (TPSA) is 33.5 Å². The van der Waals surface area contributed by atoms with Crippen molar-refractivity contribution in [3.63, 3.8) is 0 Å². The molecule has 0 atom stereocenters. The van der Waals surface area contributed by atoms with Gasteiger partial charge in [0, 0.05) is 16.8 Å². The van der Waals surface area contributed by atoms with Crippen molar-refractivity contribution in [2.24, 2.45) is 0 Å². The summed E-state index contributed by atoms with van der Waals surface area (Å²) >= 11 is 6.11. The molecule has 1 N–H and O–H groups in total. The van der Waals surface area contributed by atoms with Crippen LogP contribution in [0.15, 0.2) is 18.2 Å². The monoisotopic (exact) mass is 305 g/mol. The number of aryl methyl sites for hydroxylation is 1. The first-order chi connectivity index (χ1) is 10.2. The molecule has 1 aromatic carbocycles. The zero-order chi connectivity index (χ0) is 14.8. The van der Waals surface area contributed by atoms with E-state index in [9.17, 15) is 0 Å². The molecular weight excluding hydrogens is 284 g/mol. The molecule has 5 heteroatoms. The molecular formula is C16H22ClN4+. The van der Waals surface area contributed by atoms with Crippen molar-refractivity contribution in [1.82, 2.24) is 9.97 Å². The molecule has 3 rings (SSSR count). The average Bonchev–Trinajstić information content (AvgIpc) is 2.53. The first-order valence-electron chi connectivity index (χ1n) is 7.76. The molecule has 0 amide bonds. The van der Waals surface area contributed by atoms with E-state index in [4.69, 9.17) is 16.6 Å². The molecule has 112 valence electrons. The molecule has 0 aliphatic carbocycles. The molecule has 0 bridgehead atoms. The molecule has 1 fully saturated rings. The fraction of sp³-hybridized carbons (Fsp3) is 0.500. The van der Waals surface area contributed by atoms with Crippen molar-refractivity contribution < 1.29 is 4.90 Å². The minimum atomic E-state index is 0.731. The number of hydrogen-bond acceptors (Lipinski definition) is 3. The molecule has 21 heavy (non-hydrogen) atoms. The maximum absolute atomic E-state index is 6.11. The number of hydrogen-bond donors (Lipinski definition) is 1. The molecule has 2 heterocycles. The molecule has 0 unspecified atom stereocenters. The van der Waals surface area contributed by atoms with E-state index < -0.39 is 0 Å². The van der Waals surface area contributed by atoms with Crippen molar-refractivity contribution in [2.75, 3.05) is 37.6 Å². The number of nitrogens with zero attached hydrogens (tertiary/aromatic N) is 3. The summed E-state index contributed by atoms with van der Waals surface area (Å²) in [5, 5.41) is 1.84. The van der Waals surface area contributed by atoms with Crippen molar-refractivity contribution in [2.45, 2.75) is 20.3 Å². The lowest BCUT2D eigenvalue weighted by Crippen LogP contribution is -3.14. The van der Waals surface area contributed by atoms with Gasteiger partial charge in [-0.05, 0) is 25.1 Å². The lowest BCUT2D eigenvalue weighted by atomic mass is 10.2. The van der Waals surface area contributed by atoms with Gasteiger partial charge in [0.1, 0.15) is 11.6 Å². The number of likely N-dealkylation sites (N-methyl/N-ethyl adjacent to an activating group) is 1. The number of rotatable bonds is 3. The molecule has 1 aromatic heterocycles. The van der Waals surface area contributed by atoms with Crippen LogP contribution in [0.3, 0.4) is 0 Å². The third-order valence-corrected chi connectivity index (χ3v) is 4.51. The van der Waals surface area contributed by atoms with E-state index in [0.29, 0.717) is 0 Å². The number of aromatic nitrogens is 2. The number of nitrogens with one attached hydrogen (secondary N) is 1. The molecule has 0 spiro atoms. The summed E-state index contributed by atoms with van der Waals surface area (Å²) in [7, 11) is 0. The SMILES string of the molecule is CCc1nc(N2CC[NH+](CC)CC2)c2ccc(Cl)cc2n1. The van der Waals surface area contributed by atoms with Crippen LogP contribution < -0.4 is 9.80 Å². The van der Waals surface area contributed by atoms with E-state index in [1.165, 1.54) is 19.6 Å². The van der Waals surface area contributed by atoms with Crippen molar-refractivity contribution in [1.29, 1.82) is 0 Å². The third kappa shape index (κ3) is 2.97. The lowest BCUT2D eigenvalue weighted by Gasteiger charge is -2.33. The summed E-state index contributed by atoms with van der Waals surface area (Å²) < 4.78 is 0. The molecule has 0 saturated carbocycles. The minimum absolute atomic E-state index is 0.731. The van der Waals surface area contributed by atoms with Crippen LogP contribution in [0.1, 0.15) is 19.7 Å². The number of piperazine rings is 1. The maximum Gasteiger partial charge on any atom is 0.140 e. The zero-order valence-corrected chi connectivity index (χ0v) is 13.5. The Morgan fingerprint density at radius 2 is 1.95 bits per heavy atom. The van der Waals surface area contributed by atoms with Gasteiger partial charge in [-0.1, -0.05) is 18.5 Å². The summed E-state index contributed by atoms with van der Waals surface area (Å²) in [6, 6.07) is 5.91. The van der Waals surface area contributed by atoms with Crippen LogP contribution in [0.2, 0.25) is 5.02 Å². The highest BCUT2D eigenvalue weighted by atomic mass is 35.5. The largest absolute Gasteiger partial charge is 0.345 e. The van der Waals surface area contributed by atoms with E-state index in [-0.39, 0.29) is 0 Å². The van der Waals surface area contributed by atoms with E-state index in [1.54, 1.807) is 4.90 Å². The quantitative estimate of drug-likeness (QED) is 0.934. The van der Waals surface area contributed by atoms with Gasteiger partial charge in [0.15, 0.2) is 0 Å². The van der Waals surface area contributed by atoms with Crippen molar-refractivity contribution >= 4 is 28.3 Å². The van der Waals surface area contributed by atoms with Gasteiger partial charge in [-0.3, -0.25) is 0 Å². The van der Waals surface area contributed by atoms with E-state index >= 15 is 0 Å². The van der Waals surface area contributed by atoms with Crippen LogP contribution in [0.25, 0.3) is 10.9 Å². The Hall–Kier alpha value is -1.39. The summed E-state index contributed by atoms with van der Waals surface area (Å²) in [6.45, 7) is 10.0. The maximum atomic E-state index is 6.11. The van der Waals surface area contributed by atoms with Gasteiger partial charge in [-0.15, -0.1) is 0 Å². The van der Waals surface area contributed by atoms with Gasteiger partial charge in [0.2, 0.25) is 0 Å². The number of fused-ring (bicyclic) bond motifs is 1. The Morgan fingerprint density at radius 3 is 2.62 bits per heavy atom. The number of benzene rings is 1. The Morgan fingerprint density at radius 1 is 1.19 bits per heavy atom. The predicted octanol–water partition coefficient (Wildman–Crippen LogP) is 1.57. The number of anilines is 1. The van der Waals surface area contributed by atoms with Gasteiger partial charge < -0.3 is 9.80 Å². The number of quaternary nitrogens is 1. The fourth-order valence-electron chi connectivity index (χ4n) is 2.92. The van der Waals surface area contributed by atoms with Crippen LogP contribution in [0.4, 0.5) is 5.82 Å². The van der Waals surface area contributed by atoms with Crippen molar-refractivity contribution in [3.05, 3.63) is 29.0 Å². The summed E-state index contributed by atoms with van der Waals surface area (Å²) in [4.78, 5) is 13.5. The summed E-state index contributed by atoms with van der Waals surface area (Å²) in [5.41, 5.74) is 0.953. The van der Waals surface area contributed by atoms with Crippen LogP contribution >= 0.6 is 11.6 Å². The molecule has 4 nitrogen and oxygen atoms in total. The standard InChI is InChI=1S/C16H21ClN4/c1-3-15-18-14-11-12(17)5-6-13(14)16(19-15)21-9-7-20(4-2)8-10-21/h5-6,11H,3-4,7-10H2,1-2H3/p+1. The lowest BCUT2D eigenvalue weighted by molar-refractivity contribution is -0.898. The van der Waals surface area contributed by atoms with Crippen LogP contribution in [0, 0.1) is 0 Å². The average molecular weight is 306 g/mol. The van der Waals surface area contributed by atoms with E-state index in [1.807, 2.05) is 18.2 Å². The first kappa shape index (κ1) is 14.5. The smallest absolute Gasteiger partial charge is 0.140 e. The van der Waals surface area contributed by atoms with Gasteiger partial charge in [0.05, 0.1) is 38.2 Å². The Kier molecular flexibility index (Phi) is 4.27. The first-order valence-corrected chi connectivity index (χ1v) is 8.13. The molecule has 0 radical (unpaired) electrons. The second kappa shape index (κ2) is 6.16. The van der Waals surface area contributed by atoms with Gasteiger partial charge >= 0.3 is 0 Å². The highest BCUT2D eigenvalue weighted by Gasteiger charge is 2.22. The van der Waals surface area contributed by atoms with Crippen molar-refractivity contribution in [3.8, 4) is 0 Å². The van der Waals surface area contributed by atoms with Gasteiger partial charge in [-0.2, -0.15) is 0 Å². The van der Waals surface area contributed by atoms with Crippen LogP contribution in [-0.2, 0) is 6.42 Å². The predicted molar refractivity (Wildman–Crippen MR) is 87.4 cm³/mol. The van der Waals surface area contributed by atoms with E-state index in [0.717, 1.165) is 47.1 Å². The van der Waals surface area contributed by atoms with Gasteiger partial charge in [-0.25, -0.2) is 9.97 Å². The highest BCUT2D eigenvalue weighted by Crippen LogP contribution is 2.26. The second-order valence-electron chi connectivity index (χ2n) is 5.57. The third-order valence-electron chi connectivity index (χ3n) is 4.27. The van der Waals surface area contributed by atoms with Crippen LogP contribution in [-0.4, -0.2) is 42.7 Å². The second-order valence-corrected chi connectivity index (χ2v) is 6.01.